The molecule has 20 heavy (non-hydrogen) atoms. The maximum atomic E-state index is 5.88. The van der Waals surface area contributed by atoms with Crippen LogP contribution in [-0.2, 0) is 13.0 Å². The molecule has 1 aromatic carbocycles. The molecule has 3 rings (SSSR count). The predicted molar refractivity (Wildman–Crippen MR) is 84.6 cm³/mol. The Hall–Kier alpha value is -1.51. The maximum Gasteiger partial charge on any atom is 0.109 e. The lowest BCUT2D eigenvalue weighted by atomic mass is 9.82. The van der Waals surface area contributed by atoms with Gasteiger partial charge in [0.2, 0.25) is 0 Å². The number of nitrogens with two attached hydrogens (primary N) is 1. The van der Waals surface area contributed by atoms with E-state index >= 15 is 0 Å². The van der Waals surface area contributed by atoms with E-state index in [0.717, 1.165) is 36.0 Å². The van der Waals surface area contributed by atoms with Crippen molar-refractivity contribution in [3.63, 3.8) is 0 Å². The van der Waals surface area contributed by atoms with Gasteiger partial charge in [-0.3, -0.25) is 0 Å². The molecule has 2 N–H and O–H groups in total. The topological polar surface area (TPSA) is 43.8 Å². The number of aryl methyl sites for hydroxylation is 1. The monoisotopic (exact) mass is 271 g/mol. The zero-order chi connectivity index (χ0) is 14.1. The van der Waals surface area contributed by atoms with E-state index in [0.29, 0.717) is 0 Å². The Labute approximate surface area is 121 Å². The molecular weight excluding hydrogens is 246 g/mol. The van der Waals surface area contributed by atoms with E-state index in [4.69, 9.17) is 10.7 Å². The van der Waals surface area contributed by atoms with Crippen molar-refractivity contribution in [1.82, 2.24) is 9.55 Å². The third kappa shape index (κ3) is 2.54. The number of benzene rings is 1. The van der Waals surface area contributed by atoms with Gasteiger partial charge in [-0.15, -0.1) is 0 Å². The second-order valence-electron chi connectivity index (χ2n) is 6.38. The number of nitrogen functional groups attached to an aromatic ring is 1. The highest BCUT2D eigenvalue weighted by molar-refractivity contribution is 5.79. The van der Waals surface area contributed by atoms with Gasteiger partial charge in [0, 0.05) is 18.7 Å². The molecule has 3 nitrogen and oxygen atoms in total. The number of hydrogen-bond acceptors (Lipinski definition) is 2. The van der Waals surface area contributed by atoms with Gasteiger partial charge in [-0.25, -0.2) is 4.98 Å². The van der Waals surface area contributed by atoms with Crippen LogP contribution in [0.15, 0.2) is 18.2 Å². The van der Waals surface area contributed by atoms with E-state index < -0.39 is 0 Å². The lowest BCUT2D eigenvalue weighted by Gasteiger charge is -2.27. The molecule has 1 heterocycles. The summed E-state index contributed by atoms with van der Waals surface area (Å²) < 4.78 is 2.43. The zero-order valence-electron chi connectivity index (χ0n) is 12.6. The second kappa shape index (κ2) is 5.47. The van der Waals surface area contributed by atoms with Gasteiger partial charge in [0.15, 0.2) is 0 Å². The first kappa shape index (κ1) is 13.5. The van der Waals surface area contributed by atoms with Crippen molar-refractivity contribution >= 4 is 16.7 Å². The standard InChI is InChI=1S/C17H25N3/c1-3-17-19-15-10-14(18)7-8-16(15)20(17)11-13-6-4-5-12(2)9-13/h7-8,10,12-13H,3-6,9,11,18H2,1-2H3. The molecule has 0 amide bonds. The van der Waals surface area contributed by atoms with Crippen molar-refractivity contribution in [3.05, 3.63) is 24.0 Å². The van der Waals surface area contributed by atoms with Crippen LogP contribution in [0.1, 0.15) is 45.4 Å². The lowest BCUT2D eigenvalue weighted by molar-refractivity contribution is 0.257. The minimum absolute atomic E-state index is 0.802. The van der Waals surface area contributed by atoms with Gasteiger partial charge in [0.25, 0.3) is 0 Å². The fourth-order valence-electron chi connectivity index (χ4n) is 3.65. The summed E-state index contributed by atoms with van der Waals surface area (Å²) in [5.74, 6) is 2.88. The Bertz CT molecular complexity index is 600. The van der Waals surface area contributed by atoms with E-state index in [1.54, 1.807) is 0 Å². The summed E-state index contributed by atoms with van der Waals surface area (Å²) in [6.45, 7) is 5.69. The van der Waals surface area contributed by atoms with Gasteiger partial charge < -0.3 is 10.3 Å². The Morgan fingerprint density at radius 1 is 1.35 bits per heavy atom. The van der Waals surface area contributed by atoms with Crippen molar-refractivity contribution in [2.24, 2.45) is 11.8 Å². The molecule has 2 atom stereocenters. The minimum atomic E-state index is 0.802. The van der Waals surface area contributed by atoms with Gasteiger partial charge in [-0.1, -0.05) is 26.7 Å². The van der Waals surface area contributed by atoms with Crippen molar-refractivity contribution in [2.75, 3.05) is 5.73 Å². The predicted octanol–water partition coefficient (Wildman–Crippen LogP) is 4.01. The number of hydrogen-bond donors (Lipinski definition) is 1. The quantitative estimate of drug-likeness (QED) is 0.857. The molecular formula is C17H25N3. The minimum Gasteiger partial charge on any atom is -0.399 e. The van der Waals surface area contributed by atoms with Gasteiger partial charge in [-0.05, 0) is 42.9 Å². The first-order chi connectivity index (χ1) is 9.67. The SMILES string of the molecule is CCc1nc2cc(N)ccc2n1CC1CCCC(C)C1. The molecule has 0 spiro atoms. The molecule has 1 aromatic heterocycles. The van der Waals surface area contributed by atoms with Crippen molar-refractivity contribution in [2.45, 2.75) is 52.5 Å². The third-order valence-corrected chi connectivity index (χ3v) is 4.65. The Balaban J connectivity index is 1.93. The highest BCUT2D eigenvalue weighted by Crippen LogP contribution is 2.31. The van der Waals surface area contributed by atoms with E-state index in [1.165, 1.54) is 37.0 Å². The lowest BCUT2D eigenvalue weighted by Crippen LogP contribution is -2.19. The molecule has 3 heteroatoms. The Morgan fingerprint density at radius 2 is 2.20 bits per heavy atom. The molecule has 0 radical (unpaired) electrons. The summed E-state index contributed by atoms with van der Waals surface area (Å²) in [7, 11) is 0. The smallest absolute Gasteiger partial charge is 0.109 e. The van der Waals surface area contributed by atoms with Crippen LogP contribution in [0.3, 0.4) is 0 Å². The van der Waals surface area contributed by atoms with Gasteiger partial charge >= 0.3 is 0 Å². The highest BCUT2D eigenvalue weighted by Gasteiger charge is 2.21. The molecule has 1 aliphatic rings. The largest absolute Gasteiger partial charge is 0.399 e. The third-order valence-electron chi connectivity index (χ3n) is 4.65. The molecule has 0 aliphatic heterocycles. The maximum absolute atomic E-state index is 5.88. The molecule has 0 bridgehead atoms. The number of imidazole rings is 1. The van der Waals surface area contributed by atoms with Crippen molar-refractivity contribution in [3.8, 4) is 0 Å². The van der Waals surface area contributed by atoms with Crippen LogP contribution in [0.25, 0.3) is 11.0 Å². The molecule has 108 valence electrons. The van der Waals surface area contributed by atoms with Gasteiger partial charge in [0.1, 0.15) is 5.82 Å². The fourth-order valence-corrected chi connectivity index (χ4v) is 3.65. The van der Waals surface area contributed by atoms with Crippen molar-refractivity contribution in [1.29, 1.82) is 0 Å². The van der Waals surface area contributed by atoms with Crippen LogP contribution < -0.4 is 5.73 Å². The first-order valence-corrected chi connectivity index (χ1v) is 7.92. The number of anilines is 1. The van der Waals surface area contributed by atoms with Crippen molar-refractivity contribution < 1.29 is 0 Å². The van der Waals surface area contributed by atoms with Crippen LogP contribution in [-0.4, -0.2) is 9.55 Å². The number of aromatic nitrogens is 2. The summed E-state index contributed by atoms with van der Waals surface area (Å²) >= 11 is 0. The Kier molecular flexibility index (Phi) is 3.68. The number of rotatable bonds is 3. The molecule has 1 saturated carbocycles. The first-order valence-electron chi connectivity index (χ1n) is 7.92. The van der Waals surface area contributed by atoms with Crippen LogP contribution in [0.4, 0.5) is 5.69 Å². The molecule has 1 aliphatic carbocycles. The number of nitrogens with zero attached hydrogens (tertiary/aromatic N) is 2. The van der Waals surface area contributed by atoms with E-state index in [9.17, 15) is 0 Å². The summed E-state index contributed by atoms with van der Waals surface area (Å²) in [5.41, 5.74) is 8.97. The van der Waals surface area contributed by atoms with Crippen LogP contribution >= 0.6 is 0 Å². The average molecular weight is 271 g/mol. The normalized spacial score (nSPS) is 23.3. The van der Waals surface area contributed by atoms with E-state index in [1.807, 2.05) is 12.1 Å². The summed E-state index contributed by atoms with van der Waals surface area (Å²) in [5, 5.41) is 0. The van der Waals surface area contributed by atoms with E-state index in [-0.39, 0.29) is 0 Å². The molecule has 2 unspecified atom stereocenters. The summed E-state index contributed by atoms with van der Waals surface area (Å²) in [4.78, 5) is 4.76. The summed E-state index contributed by atoms with van der Waals surface area (Å²) in [6.07, 6.45) is 6.49. The van der Waals surface area contributed by atoms with Crippen LogP contribution in [0, 0.1) is 11.8 Å². The van der Waals surface area contributed by atoms with Gasteiger partial charge in [0.05, 0.1) is 11.0 Å². The molecule has 2 aromatic rings. The zero-order valence-corrected chi connectivity index (χ0v) is 12.6. The van der Waals surface area contributed by atoms with Crippen LogP contribution in [0.5, 0.6) is 0 Å². The van der Waals surface area contributed by atoms with E-state index in [2.05, 4.69) is 24.5 Å². The van der Waals surface area contributed by atoms with Gasteiger partial charge in [-0.2, -0.15) is 0 Å². The average Bonchev–Trinajstić information content (AvgIpc) is 2.76. The Morgan fingerprint density at radius 3 is 2.95 bits per heavy atom. The van der Waals surface area contributed by atoms with Crippen LogP contribution in [0.2, 0.25) is 0 Å². The number of fused-ring (bicyclic) bond motifs is 1. The molecule has 1 fully saturated rings. The second-order valence-corrected chi connectivity index (χ2v) is 6.38. The highest BCUT2D eigenvalue weighted by atomic mass is 15.1. The summed E-state index contributed by atoms with van der Waals surface area (Å²) in [6, 6.07) is 6.11. The fraction of sp³-hybridized carbons (Fsp3) is 0.588. The molecule has 0 saturated heterocycles.